The molecule has 0 spiro atoms. The largest absolute Gasteiger partial charge is 0.376 e. The number of Topliss-reactive ketones (excluding diaryl/α,β-unsaturated/α-hetero) is 1. The minimum absolute atomic E-state index is 0.0422. The molecule has 0 aromatic heterocycles. The molecular formula is C13H26O2. The van der Waals surface area contributed by atoms with Gasteiger partial charge >= 0.3 is 0 Å². The molecule has 0 aliphatic carbocycles. The molecule has 2 heteroatoms. The van der Waals surface area contributed by atoms with Crippen LogP contribution in [0.3, 0.4) is 0 Å². The van der Waals surface area contributed by atoms with E-state index in [9.17, 15) is 4.79 Å². The van der Waals surface area contributed by atoms with Gasteiger partial charge < -0.3 is 4.74 Å². The number of ketones is 1. The van der Waals surface area contributed by atoms with Gasteiger partial charge in [0.2, 0.25) is 0 Å². The van der Waals surface area contributed by atoms with Crippen molar-refractivity contribution < 1.29 is 9.53 Å². The predicted molar refractivity (Wildman–Crippen MR) is 64.0 cm³/mol. The number of ether oxygens (including phenoxy) is 1. The second-order valence-corrected chi connectivity index (χ2v) is 4.84. The summed E-state index contributed by atoms with van der Waals surface area (Å²) in [7, 11) is 0. The van der Waals surface area contributed by atoms with Crippen molar-refractivity contribution in [1.82, 2.24) is 0 Å². The van der Waals surface area contributed by atoms with Crippen molar-refractivity contribution in [2.24, 2.45) is 5.92 Å². The zero-order chi connectivity index (χ0) is 11.9. The lowest BCUT2D eigenvalue weighted by molar-refractivity contribution is -0.123. The monoisotopic (exact) mass is 214 g/mol. The van der Waals surface area contributed by atoms with Gasteiger partial charge in [-0.1, -0.05) is 20.8 Å². The Kier molecular flexibility index (Phi) is 6.82. The average molecular weight is 214 g/mol. The highest BCUT2D eigenvalue weighted by Crippen LogP contribution is 2.14. The molecule has 90 valence electrons. The maximum Gasteiger partial charge on any atom is 0.135 e. The molecule has 0 aromatic carbocycles. The lowest BCUT2D eigenvalue weighted by Gasteiger charge is -2.23. The van der Waals surface area contributed by atoms with Gasteiger partial charge in [0.05, 0.1) is 5.60 Å². The quantitative estimate of drug-likeness (QED) is 0.577. The third-order valence-corrected chi connectivity index (χ3v) is 3.07. The molecule has 0 saturated carbocycles. The van der Waals surface area contributed by atoms with Crippen molar-refractivity contribution in [2.75, 3.05) is 6.61 Å². The zero-order valence-corrected chi connectivity index (χ0v) is 10.9. The third-order valence-electron chi connectivity index (χ3n) is 3.07. The van der Waals surface area contributed by atoms with E-state index in [1.54, 1.807) is 0 Å². The molecule has 0 rings (SSSR count). The fraction of sp³-hybridized carbons (Fsp3) is 0.923. The van der Waals surface area contributed by atoms with Crippen molar-refractivity contribution in [2.45, 2.75) is 65.9 Å². The van der Waals surface area contributed by atoms with Crippen LogP contribution in [-0.2, 0) is 9.53 Å². The Labute approximate surface area is 94.4 Å². The summed E-state index contributed by atoms with van der Waals surface area (Å²) >= 11 is 0. The number of hydrogen-bond acceptors (Lipinski definition) is 2. The molecule has 0 saturated heterocycles. The molecule has 0 fully saturated rings. The van der Waals surface area contributed by atoms with E-state index in [-0.39, 0.29) is 11.5 Å². The van der Waals surface area contributed by atoms with E-state index in [0.717, 1.165) is 19.3 Å². The van der Waals surface area contributed by atoms with Gasteiger partial charge in [-0.3, -0.25) is 4.79 Å². The van der Waals surface area contributed by atoms with Crippen molar-refractivity contribution >= 4 is 5.78 Å². The van der Waals surface area contributed by atoms with Crippen LogP contribution in [0, 0.1) is 5.92 Å². The van der Waals surface area contributed by atoms with Gasteiger partial charge in [-0.15, -0.1) is 0 Å². The van der Waals surface area contributed by atoms with Gasteiger partial charge in [0.15, 0.2) is 0 Å². The van der Waals surface area contributed by atoms with E-state index >= 15 is 0 Å². The second kappa shape index (κ2) is 7.00. The van der Waals surface area contributed by atoms with Gasteiger partial charge in [0, 0.05) is 18.9 Å². The van der Waals surface area contributed by atoms with Crippen molar-refractivity contribution in [3.63, 3.8) is 0 Å². The number of hydrogen-bond donors (Lipinski definition) is 0. The Morgan fingerprint density at radius 2 is 1.93 bits per heavy atom. The predicted octanol–water partition coefficient (Wildman–Crippen LogP) is 3.59. The molecular weight excluding hydrogens is 188 g/mol. The Hall–Kier alpha value is -0.370. The minimum Gasteiger partial charge on any atom is -0.376 e. The number of carbonyl (C=O) groups is 1. The summed E-state index contributed by atoms with van der Waals surface area (Å²) in [5.74, 6) is 0.583. The fourth-order valence-corrected chi connectivity index (χ4v) is 1.17. The van der Waals surface area contributed by atoms with Gasteiger partial charge in [0.25, 0.3) is 0 Å². The summed E-state index contributed by atoms with van der Waals surface area (Å²) in [6.45, 7) is 11.0. The molecule has 0 aliphatic rings. The van der Waals surface area contributed by atoms with E-state index < -0.39 is 0 Å². The minimum atomic E-state index is -0.0422. The van der Waals surface area contributed by atoms with E-state index in [1.165, 1.54) is 0 Å². The van der Waals surface area contributed by atoms with Crippen LogP contribution < -0.4 is 0 Å². The van der Waals surface area contributed by atoms with Crippen LogP contribution in [-0.4, -0.2) is 18.0 Å². The van der Waals surface area contributed by atoms with Crippen LogP contribution >= 0.6 is 0 Å². The number of carbonyl (C=O) groups excluding carboxylic acids is 1. The summed E-state index contributed by atoms with van der Waals surface area (Å²) in [4.78, 5) is 11.5. The van der Waals surface area contributed by atoms with Gasteiger partial charge in [0.1, 0.15) is 5.78 Å². The van der Waals surface area contributed by atoms with E-state index in [2.05, 4.69) is 27.7 Å². The van der Waals surface area contributed by atoms with E-state index in [0.29, 0.717) is 18.8 Å². The molecule has 0 aliphatic heterocycles. The molecule has 0 aromatic rings. The Morgan fingerprint density at radius 1 is 1.33 bits per heavy atom. The van der Waals surface area contributed by atoms with Crippen LogP contribution in [0.5, 0.6) is 0 Å². The Bertz CT molecular complexity index is 185. The first-order chi connectivity index (χ1) is 6.93. The molecule has 0 bridgehead atoms. The van der Waals surface area contributed by atoms with Crippen molar-refractivity contribution in [1.29, 1.82) is 0 Å². The van der Waals surface area contributed by atoms with E-state index in [1.807, 2.05) is 6.92 Å². The Balaban J connectivity index is 3.59. The topological polar surface area (TPSA) is 26.3 Å². The molecule has 0 heterocycles. The summed E-state index contributed by atoms with van der Waals surface area (Å²) in [5.41, 5.74) is -0.0422. The smallest absolute Gasteiger partial charge is 0.135 e. The van der Waals surface area contributed by atoms with Gasteiger partial charge in [-0.2, -0.15) is 0 Å². The lowest BCUT2D eigenvalue weighted by atomic mass is 10.00. The summed E-state index contributed by atoms with van der Waals surface area (Å²) < 4.78 is 5.69. The van der Waals surface area contributed by atoms with Gasteiger partial charge in [-0.05, 0) is 33.1 Å². The molecule has 15 heavy (non-hydrogen) atoms. The molecule has 2 nitrogen and oxygen atoms in total. The molecule has 0 N–H and O–H groups in total. The number of rotatable bonds is 8. The highest BCUT2D eigenvalue weighted by Gasteiger charge is 2.15. The first kappa shape index (κ1) is 14.6. The van der Waals surface area contributed by atoms with Crippen LogP contribution in [0.4, 0.5) is 0 Å². The SMILES string of the molecule is CCC(C)C(=O)CCCOC(C)(C)CC. The zero-order valence-electron chi connectivity index (χ0n) is 10.9. The summed E-state index contributed by atoms with van der Waals surface area (Å²) in [5, 5.41) is 0. The average Bonchev–Trinajstić information content (AvgIpc) is 2.22. The molecule has 0 amide bonds. The molecule has 1 atom stereocenters. The fourth-order valence-electron chi connectivity index (χ4n) is 1.17. The Morgan fingerprint density at radius 3 is 2.40 bits per heavy atom. The highest BCUT2D eigenvalue weighted by molar-refractivity contribution is 5.80. The van der Waals surface area contributed by atoms with Crippen molar-refractivity contribution in [3.05, 3.63) is 0 Å². The van der Waals surface area contributed by atoms with Crippen LogP contribution in [0.15, 0.2) is 0 Å². The van der Waals surface area contributed by atoms with Crippen LogP contribution in [0.2, 0.25) is 0 Å². The standard InChI is InChI=1S/C13H26O2/c1-6-11(3)12(14)9-8-10-15-13(4,5)7-2/h11H,6-10H2,1-5H3. The van der Waals surface area contributed by atoms with Gasteiger partial charge in [-0.25, -0.2) is 0 Å². The highest BCUT2D eigenvalue weighted by atomic mass is 16.5. The first-order valence-electron chi connectivity index (χ1n) is 6.09. The molecule has 0 radical (unpaired) electrons. The van der Waals surface area contributed by atoms with Crippen LogP contribution in [0.1, 0.15) is 60.3 Å². The van der Waals surface area contributed by atoms with Crippen LogP contribution in [0.25, 0.3) is 0 Å². The van der Waals surface area contributed by atoms with E-state index in [4.69, 9.17) is 4.74 Å². The third kappa shape index (κ3) is 6.67. The maximum atomic E-state index is 11.5. The lowest BCUT2D eigenvalue weighted by Crippen LogP contribution is -2.24. The van der Waals surface area contributed by atoms with Crippen molar-refractivity contribution in [3.8, 4) is 0 Å². The summed E-state index contributed by atoms with van der Waals surface area (Å²) in [6.07, 6.45) is 3.47. The normalized spacial score (nSPS) is 13.9. The summed E-state index contributed by atoms with van der Waals surface area (Å²) in [6, 6.07) is 0. The first-order valence-corrected chi connectivity index (χ1v) is 6.09. The second-order valence-electron chi connectivity index (χ2n) is 4.84. The molecule has 1 unspecified atom stereocenters. The maximum absolute atomic E-state index is 11.5.